The van der Waals surface area contributed by atoms with Crippen molar-refractivity contribution in [2.45, 2.75) is 39.7 Å². The Morgan fingerprint density at radius 3 is 3.06 bits per heavy atom. The molecule has 1 saturated heterocycles. The third-order valence-corrected chi connectivity index (χ3v) is 3.01. The van der Waals surface area contributed by atoms with Gasteiger partial charge in [-0.1, -0.05) is 13.8 Å². The highest BCUT2D eigenvalue weighted by atomic mass is 15.5. The van der Waals surface area contributed by atoms with E-state index < -0.39 is 0 Å². The van der Waals surface area contributed by atoms with Crippen LogP contribution in [0.1, 0.15) is 32.5 Å². The lowest BCUT2D eigenvalue weighted by Crippen LogP contribution is -2.31. The van der Waals surface area contributed by atoms with Crippen molar-refractivity contribution in [3.05, 3.63) is 5.82 Å². The monoisotopic (exact) mass is 223 g/mol. The normalized spacial score (nSPS) is 21.6. The molecule has 1 unspecified atom stereocenters. The molecule has 2 heterocycles. The highest BCUT2D eigenvalue weighted by Crippen LogP contribution is 2.15. The molecule has 16 heavy (non-hydrogen) atoms. The van der Waals surface area contributed by atoms with Gasteiger partial charge in [-0.25, -0.2) is 4.68 Å². The molecule has 0 spiro atoms. The predicted octanol–water partition coefficient (Wildman–Crippen LogP) is 0.871. The lowest BCUT2D eigenvalue weighted by Gasteiger charge is -2.22. The van der Waals surface area contributed by atoms with E-state index in [1.54, 1.807) is 0 Å². The topological polar surface area (TPSA) is 55.6 Å². The van der Waals surface area contributed by atoms with Gasteiger partial charge in [0.1, 0.15) is 0 Å². The maximum atomic E-state index is 4.14. The molecular weight excluding hydrogens is 202 g/mol. The molecule has 0 amide bonds. The number of nitrogens with one attached hydrogen (secondary N) is 1. The van der Waals surface area contributed by atoms with Crippen molar-refractivity contribution in [1.29, 1.82) is 0 Å². The molecule has 90 valence electrons. The number of hydrogen-bond acceptors (Lipinski definition) is 4. The first-order valence-corrected chi connectivity index (χ1v) is 6.21. The van der Waals surface area contributed by atoms with Crippen molar-refractivity contribution >= 4 is 0 Å². The molecular formula is C11H21N5. The van der Waals surface area contributed by atoms with Gasteiger partial charge in [0.25, 0.3) is 0 Å². The first-order valence-electron chi connectivity index (χ1n) is 6.21. The van der Waals surface area contributed by atoms with Crippen LogP contribution in [-0.2, 0) is 13.0 Å². The van der Waals surface area contributed by atoms with Gasteiger partial charge in [0.05, 0.1) is 0 Å². The minimum absolute atomic E-state index is 0.590. The van der Waals surface area contributed by atoms with Crippen molar-refractivity contribution in [3.63, 3.8) is 0 Å². The first-order chi connectivity index (χ1) is 7.75. The standard InChI is InChI=1S/C11H21N5/c1-9(2)8-16-11(13-14-15-16)6-10-4-3-5-12-7-10/h9-10,12H,3-8H2,1-2H3. The molecule has 1 N–H and O–H groups in total. The second kappa shape index (κ2) is 5.39. The summed E-state index contributed by atoms with van der Waals surface area (Å²) in [6.07, 6.45) is 3.57. The SMILES string of the molecule is CC(C)Cn1nnnc1CC1CCCNC1. The second-order valence-corrected chi connectivity index (χ2v) is 5.09. The summed E-state index contributed by atoms with van der Waals surface area (Å²) >= 11 is 0. The highest BCUT2D eigenvalue weighted by molar-refractivity contribution is 4.86. The Balaban J connectivity index is 1.94. The molecule has 5 heteroatoms. The van der Waals surface area contributed by atoms with E-state index in [1.165, 1.54) is 12.8 Å². The zero-order chi connectivity index (χ0) is 11.4. The molecule has 0 radical (unpaired) electrons. The van der Waals surface area contributed by atoms with E-state index in [1.807, 2.05) is 4.68 Å². The van der Waals surface area contributed by atoms with E-state index in [2.05, 4.69) is 34.7 Å². The summed E-state index contributed by atoms with van der Waals surface area (Å²) in [6.45, 7) is 7.56. The summed E-state index contributed by atoms with van der Waals surface area (Å²) in [4.78, 5) is 0. The zero-order valence-corrected chi connectivity index (χ0v) is 10.2. The Morgan fingerprint density at radius 2 is 2.38 bits per heavy atom. The summed E-state index contributed by atoms with van der Waals surface area (Å²) in [7, 11) is 0. The zero-order valence-electron chi connectivity index (χ0n) is 10.2. The molecule has 1 aliphatic rings. The van der Waals surface area contributed by atoms with Crippen molar-refractivity contribution in [2.24, 2.45) is 11.8 Å². The van der Waals surface area contributed by atoms with E-state index in [4.69, 9.17) is 0 Å². The van der Waals surface area contributed by atoms with Crippen LogP contribution in [-0.4, -0.2) is 33.3 Å². The maximum absolute atomic E-state index is 4.14. The van der Waals surface area contributed by atoms with E-state index >= 15 is 0 Å². The lowest BCUT2D eigenvalue weighted by atomic mass is 9.96. The second-order valence-electron chi connectivity index (χ2n) is 5.09. The molecule has 2 rings (SSSR count). The van der Waals surface area contributed by atoms with Gasteiger partial charge in [0.2, 0.25) is 0 Å². The molecule has 5 nitrogen and oxygen atoms in total. The van der Waals surface area contributed by atoms with Gasteiger partial charge < -0.3 is 5.32 Å². The maximum Gasteiger partial charge on any atom is 0.151 e. The van der Waals surface area contributed by atoms with Gasteiger partial charge in [-0.15, -0.1) is 5.10 Å². The first kappa shape index (κ1) is 11.5. The van der Waals surface area contributed by atoms with Crippen LogP contribution in [0.5, 0.6) is 0 Å². The highest BCUT2D eigenvalue weighted by Gasteiger charge is 2.17. The third kappa shape index (κ3) is 3.01. The van der Waals surface area contributed by atoms with Gasteiger partial charge in [-0.3, -0.25) is 0 Å². The van der Waals surface area contributed by atoms with Crippen molar-refractivity contribution in [1.82, 2.24) is 25.5 Å². The third-order valence-electron chi connectivity index (χ3n) is 3.01. The average Bonchev–Trinajstić information content (AvgIpc) is 2.66. The largest absolute Gasteiger partial charge is 0.316 e. The number of hydrogen-bond donors (Lipinski definition) is 1. The van der Waals surface area contributed by atoms with Crippen LogP contribution in [0.25, 0.3) is 0 Å². The van der Waals surface area contributed by atoms with Crippen LogP contribution in [0.15, 0.2) is 0 Å². The molecule has 0 aliphatic carbocycles. The summed E-state index contributed by atoms with van der Waals surface area (Å²) in [5.74, 6) is 2.33. The molecule has 1 aromatic heterocycles. The van der Waals surface area contributed by atoms with Crippen LogP contribution in [0, 0.1) is 11.8 Å². The molecule has 0 aromatic carbocycles. The molecule has 1 aliphatic heterocycles. The van der Waals surface area contributed by atoms with Crippen LogP contribution in [0.4, 0.5) is 0 Å². The fourth-order valence-electron chi connectivity index (χ4n) is 2.21. The Kier molecular flexibility index (Phi) is 3.88. The Hall–Kier alpha value is -0.970. The summed E-state index contributed by atoms with van der Waals surface area (Å²) in [5, 5.41) is 15.4. The smallest absolute Gasteiger partial charge is 0.151 e. The predicted molar refractivity (Wildman–Crippen MR) is 62.0 cm³/mol. The van der Waals surface area contributed by atoms with Crippen LogP contribution in [0.2, 0.25) is 0 Å². The van der Waals surface area contributed by atoms with Crippen molar-refractivity contribution in [2.75, 3.05) is 13.1 Å². The summed E-state index contributed by atoms with van der Waals surface area (Å²) < 4.78 is 1.96. The summed E-state index contributed by atoms with van der Waals surface area (Å²) in [6, 6.07) is 0. The Morgan fingerprint density at radius 1 is 1.50 bits per heavy atom. The van der Waals surface area contributed by atoms with E-state index in [-0.39, 0.29) is 0 Å². The molecule has 0 bridgehead atoms. The van der Waals surface area contributed by atoms with E-state index in [9.17, 15) is 0 Å². The molecule has 1 atom stereocenters. The number of aromatic nitrogens is 4. The fraction of sp³-hybridized carbons (Fsp3) is 0.909. The van der Waals surface area contributed by atoms with E-state index in [0.717, 1.165) is 31.9 Å². The summed E-state index contributed by atoms with van der Waals surface area (Å²) in [5.41, 5.74) is 0. The van der Waals surface area contributed by atoms with Gasteiger partial charge in [0.15, 0.2) is 5.82 Å². The number of nitrogens with zero attached hydrogens (tertiary/aromatic N) is 4. The lowest BCUT2D eigenvalue weighted by molar-refractivity contribution is 0.358. The average molecular weight is 223 g/mol. The van der Waals surface area contributed by atoms with Gasteiger partial charge >= 0.3 is 0 Å². The fourth-order valence-corrected chi connectivity index (χ4v) is 2.21. The molecule has 1 fully saturated rings. The van der Waals surface area contributed by atoms with Crippen molar-refractivity contribution < 1.29 is 0 Å². The van der Waals surface area contributed by atoms with E-state index in [0.29, 0.717) is 11.8 Å². The minimum atomic E-state index is 0.590. The van der Waals surface area contributed by atoms with Crippen molar-refractivity contribution in [3.8, 4) is 0 Å². The van der Waals surface area contributed by atoms with Crippen LogP contribution < -0.4 is 5.32 Å². The number of tetrazole rings is 1. The Bertz CT molecular complexity index is 314. The van der Waals surface area contributed by atoms with Gasteiger partial charge in [-0.2, -0.15) is 0 Å². The van der Waals surface area contributed by atoms with Crippen LogP contribution in [0.3, 0.4) is 0 Å². The quantitative estimate of drug-likeness (QED) is 0.823. The van der Waals surface area contributed by atoms with Gasteiger partial charge in [0, 0.05) is 13.0 Å². The number of rotatable bonds is 4. The van der Waals surface area contributed by atoms with Gasteiger partial charge in [-0.05, 0) is 48.2 Å². The minimum Gasteiger partial charge on any atom is -0.316 e. The van der Waals surface area contributed by atoms with Crippen LogP contribution >= 0.6 is 0 Å². The number of piperidine rings is 1. The molecule has 0 saturated carbocycles. The Labute approximate surface area is 96.6 Å². The molecule has 1 aromatic rings.